The van der Waals surface area contributed by atoms with Gasteiger partial charge in [-0.15, -0.1) is 4.91 Å². The number of nitrogens with zero attached hydrogens (tertiary/aromatic N) is 3. The summed E-state index contributed by atoms with van der Waals surface area (Å²) >= 11 is 0. The van der Waals surface area contributed by atoms with E-state index in [2.05, 4.69) is 44.7 Å². The highest BCUT2D eigenvalue weighted by atomic mass is 19.1. The Hall–Kier alpha value is -3.48. The van der Waals surface area contributed by atoms with E-state index in [4.69, 9.17) is 0 Å². The van der Waals surface area contributed by atoms with Crippen LogP contribution >= 0.6 is 0 Å². The van der Waals surface area contributed by atoms with Gasteiger partial charge < -0.3 is 5.32 Å². The zero-order valence-corrected chi connectivity index (χ0v) is 17.0. The van der Waals surface area contributed by atoms with Crippen molar-refractivity contribution < 1.29 is 9.18 Å². The van der Waals surface area contributed by atoms with Crippen LogP contribution < -0.4 is 5.32 Å². The van der Waals surface area contributed by atoms with Crippen LogP contribution in [0.1, 0.15) is 43.6 Å². The number of carbonyl (C=O) groups excluding carboxylic acids is 1. The summed E-state index contributed by atoms with van der Waals surface area (Å²) in [6, 6.07) is 14.6. The number of nitroso groups, excluding NO2 is 1. The van der Waals surface area contributed by atoms with Gasteiger partial charge in [0.05, 0.1) is 0 Å². The van der Waals surface area contributed by atoms with E-state index >= 15 is 0 Å². The molecule has 0 radical (unpaired) electrons. The van der Waals surface area contributed by atoms with E-state index in [1.807, 2.05) is 0 Å². The molecule has 158 valence electrons. The molecule has 2 aromatic carbocycles. The maximum Gasteiger partial charge on any atom is 0.286 e. The summed E-state index contributed by atoms with van der Waals surface area (Å²) in [5.74, 6) is 0.302. The van der Waals surface area contributed by atoms with E-state index in [-0.39, 0.29) is 18.2 Å². The third-order valence-electron chi connectivity index (χ3n) is 5.86. The molecule has 31 heavy (non-hydrogen) atoms. The van der Waals surface area contributed by atoms with Gasteiger partial charge in [0, 0.05) is 35.2 Å². The van der Waals surface area contributed by atoms with Crippen molar-refractivity contribution in [3.63, 3.8) is 0 Å². The van der Waals surface area contributed by atoms with Gasteiger partial charge in [-0.3, -0.25) is 4.79 Å². The number of aromatic nitrogens is 2. The molecule has 1 aromatic heterocycles. The normalized spacial score (nSPS) is 18.4. The molecule has 3 aromatic rings. The lowest BCUT2D eigenvalue weighted by Crippen LogP contribution is -2.15. The van der Waals surface area contributed by atoms with Crippen LogP contribution in [0.2, 0.25) is 0 Å². The fourth-order valence-corrected chi connectivity index (χ4v) is 4.17. The number of rotatable bonds is 6. The van der Waals surface area contributed by atoms with Crippen molar-refractivity contribution in [1.29, 1.82) is 0 Å². The molecule has 0 atom stereocenters. The number of halogens is 1. The van der Waals surface area contributed by atoms with Crippen LogP contribution in [-0.2, 0) is 4.79 Å². The maximum atomic E-state index is 13.3. The second-order valence-electron chi connectivity index (χ2n) is 7.96. The number of hydrogen-bond acceptors (Lipinski definition) is 5. The van der Waals surface area contributed by atoms with Crippen LogP contribution in [0.25, 0.3) is 11.1 Å². The van der Waals surface area contributed by atoms with Crippen molar-refractivity contribution in [2.24, 2.45) is 11.1 Å². The van der Waals surface area contributed by atoms with Gasteiger partial charge >= 0.3 is 0 Å². The largest absolute Gasteiger partial charge is 0.324 e. The van der Waals surface area contributed by atoms with Crippen molar-refractivity contribution >= 4 is 17.5 Å². The molecule has 1 amide bonds. The molecule has 1 fully saturated rings. The minimum absolute atomic E-state index is 0.275. The van der Waals surface area contributed by atoms with E-state index < -0.39 is 5.91 Å². The first-order chi connectivity index (χ1) is 15.1. The third kappa shape index (κ3) is 5.36. The lowest BCUT2D eigenvalue weighted by atomic mass is 9.77. The Morgan fingerprint density at radius 1 is 1.00 bits per heavy atom. The van der Waals surface area contributed by atoms with Crippen molar-refractivity contribution in [1.82, 2.24) is 9.97 Å². The molecule has 1 heterocycles. The first-order valence-electron chi connectivity index (χ1n) is 10.4. The Kier molecular flexibility index (Phi) is 6.40. The molecule has 1 saturated carbocycles. The molecule has 1 aliphatic rings. The zero-order chi connectivity index (χ0) is 21.6. The number of benzene rings is 2. The smallest absolute Gasteiger partial charge is 0.286 e. The lowest BCUT2D eigenvalue weighted by molar-refractivity contribution is -0.119. The average Bonchev–Trinajstić information content (AvgIpc) is 2.80. The van der Waals surface area contributed by atoms with Crippen LogP contribution in [0.3, 0.4) is 0 Å². The van der Waals surface area contributed by atoms with Crippen LogP contribution in [-0.4, -0.2) is 15.9 Å². The van der Waals surface area contributed by atoms with Gasteiger partial charge in [-0.2, -0.15) is 0 Å². The minimum atomic E-state index is -0.535. The molecule has 0 bridgehead atoms. The molecule has 0 saturated heterocycles. The van der Waals surface area contributed by atoms with Gasteiger partial charge in [-0.25, -0.2) is 14.4 Å². The van der Waals surface area contributed by atoms with Crippen molar-refractivity contribution in [2.75, 3.05) is 5.32 Å². The van der Waals surface area contributed by atoms with Crippen LogP contribution in [0.5, 0.6) is 0 Å². The van der Waals surface area contributed by atoms with Gasteiger partial charge in [0.15, 0.2) is 0 Å². The number of anilines is 2. The van der Waals surface area contributed by atoms with Crippen LogP contribution in [0.15, 0.2) is 66.1 Å². The molecular weight excluding hydrogens is 395 g/mol. The van der Waals surface area contributed by atoms with Crippen molar-refractivity contribution in [2.45, 2.75) is 38.0 Å². The van der Waals surface area contributed by atoms with Gasteiger partial charge in [0.1, 0.15) is 5.82 Å². The Balaban J connectivity index is 1.36. The predicted octanol–water partition coefficient (Wildman–Crippen LogP) is 5.98. The van der Waals surface area contributed by atoms with E-state index in [9.17, 15) is 14.1 Å². The SMILES string of the molecule is O=NC(=O)CC1CCC(c2ccc(-c3cnc(Nc4cccc(F)c4)nc3)cc2)CC1. The summed E-state index contributed by atoms with van der Waals surface area (Å²) in [5.41, 5.74) is 3.81. The Morgan fingerprint density at radius 3 is 2.35 bits per heavy atom. The molecule has 0 aliphatic heterocycles. The van der Waals surface area contributed by atoms with E-state index in [0.717, 1.165) is 36.8 Å². The number of nitrogens with one attached hydrogen (secondary N) is 1. The monoisotopic (exact) mass is 418 g/mol. The first kappa shape index (κ1) is 20.8. The number of amides is 1. The first-order valence-corrected chi connectivity index (χ1v) is 10.4. The second-order valence-corrected chi connectivity index (χ2v) is 7.96. The van der Waals surface area contributed by atoms with Gasteiger partial charge in [-0.1, -0.05) is 30.3 Å². The molecule has 6 nitrogen and oxygen atoms in total. The predicted molar refractivity (Wildman–Crippen MR) is 117 cm³/mol. The van der Waals surface area contributed by atoms with Crippen molar-refractivity contribution in [3.8, 4) is 11.1 Å². The Labute approximate surface area is 179 Å². The Morgan fingerprint density at radius 2 is 1.71 bits per heavy atom. The highest BCUT2D eigenvalue weighted by Crippen LogP contribution is 2.37. The summed E-state index contributed by atoms with van der Waals surface area (Å²) in [7, 11) is 0. The zero-order valence-electron chi connectivity index (χ0n) is 17.0. The van der Waals surface area contributed by atoms with Gasteiger partial charge in [0.25, 0.3) is 5.91 Å². The fraction of sp³-hybridized carbons (Fsp3) is 0.292. The Bertz CT molecular complexity index is 1050. The van der Waals surface area contributed by atoms with Crippen molar-refractivity contribution in [3.05, 3.63) is 77.2 Å². The molecule has 7 heteroatoms. The maximum absolute atomic E-state index is 13.3. The summed E-state index contributed by atoms with van der Waals surface area (Å²) in [5, 5.41) is 5.50. The van der Waals surface area contributed by atoms with E-state index in [1.165, 1.54) is 17.7 Å². The van der Waals surface area contributed by atoms with E-state index in [0.29, 0.717) is 17.6 Å². The molecule has 0 spiro atoms. The second kappa shape index (κ2) is 9.55. The molecule has 1 N–H and O–H groups in total. The minimum Gasteiger partial charge on any atom is -0.324 e. The third-order valence-corrected chi connectivity index (χ3v) is 5.86. The quantitative estimate of drug-likeness (QED) is 0.498. The van der Waals surface area contributed by atoms with Gasteiger partial charge in [0.2, 0.25) is 5.95 Å². The molecule has 4 rings (SSSR count). The topological polar surface area (TPSA) is 84.3 Å². The van der Waals surface area contributed by atoms with Gasteiger partial charge in [-0.05, 0) is 66.8 Å². The standard InChI is InChI=1S/C24H23FN4O2/c25-21-2-1-3-22(13-21)28-24-26-14-20(15-27-24)19-10-8-18(9-11-19)17-6-4-16(5-7-17)12-23(30)29-31/h1-3,8-11,13-17H,4-7,12H2,(H,26,27,28). The number of hydrogen-bond donors (Lipinski definition) is 1. The van der Waals surface area contributed by atoms with E-state index in [1.54, 1.807) is 24.5 Å². The highest BCUT2D eigenvalue weighted by molar-refractivity contribution is 5.76. The fourth-order valence-electron chi connectivity index (χ4n) is 4.17. The molecular formula is C24H23FN4O2. The summed E-state index contributed by atoms with van der Waals surface area (Å²) in [6.07, 6.45) is 7.68. The van der Waals surface area contributed by atoms with Crippen LogP contribution in [0, 0.1) is 16.6 Å². The van der Waals surface area contributed by atoms with Crippen LogP contribution in [0.4, 0.5) is 16.0 Å². The number of carbonyl (C=O) groups is 1. The lowest BCUT2D eigenvalue weighted by Gasteiger charge is -2.28. The highest BCUT2D eigenvalue weighted by Gasteiger charge is 2.24. The molecule has 0 unspecified atom stereocenters. The molecule has 1 aliphatic carbocycles. The summed E-state index contributed by atoms with van der Waals surface area (Å²) in [4.78, 5) is 30.2. The summed E-state index contributed by atoms with van der Waals surface area (Å²) < 4.78 is 13.3. The summed E-state index contributed by atoms with van der Waals surface area (Å²) in [6.45, 7) is 0. The average molecular weight is 418 g/mol.